The highest BCUT2D eigenvalue weighted by atomic mass is 32.2. The molecule has 0 bridgehead atoms. The van der Waals surface area contributed by atoms with Crippen molar-refractivity contribution in [3.63, 3.8) is 0 Å². The molecule has 0 N–H and O–H groups in total. The standard InChI is InChI=1S/C21H16N2OS/c24-21(25-18-10-12-22-13-11-18)20-14-17-8-4-5-9-19(17)23(20)15-16-6-2-1-3-7-16/h1-14H,15H2. The molecule has 0 spiro atoms. The number of aromatic nitrogens is 2. The summed E-state index contributed by atoms with van der Waals surface area (Å²) in [5.41, 5.74) is 2.96. The third-order valence-corrected chi connectivity index (χ3v) is 4.97. The Bertz CT molecular complexity index is 1010. The van der Waals surface area contributed by atoms with Crippen LogP contribution in [0.15, 0.2) is 90.1 Å². The van der Waals surface area contributed by atoms with E-state index in [0.717, 1.165) is 15.8 Å². The highest BCUT2D eigenvalue weighted by Gasteiger charge is 2.17. The predicted molar refractivity (Wildman–Crippen MR) is 102 cm³/mol. The molecule has 0 radical (unpaired) electrons. The molecule has 0 fully saturated rings. The van der Waals surface area contributed by atoms with Crippen LogP contribution in [0.3, 0.4) is 0 Å². The van der Waals surface area contributed by atoms with Gasteiger partial charge >= 0.3 is 0 Å². The summed E-state index contributed by atoms with van der Waals surface area (Å²) in [4.78, 5) is 17.8. The van der Waals surface area contributed by atoms with Gasteiger partial charge in [0.05, 0.1) is 5.69 Å². The second-order valence-corrected chi connectivity index (χ2v) is 6.78. The second kappa shape index (κ2) is 6.95. The molecule has 25 heavy (non-hydrogen) atoms. The normalized spacial score (nSPS) is 10.9. The van der Waals surface area contributed by atoms with Crippen LogP contribution in [0.25, 0.3) is 10.9 Å². The molecule has 0 aliphatic heterocycles. The first-order valence-corrected chi connectivity index (χ1v) is 8.87. The van der Waals surface area contributed by atoms with E-state index in [1.165, 1.54) is 17.3 Å². The van der Waals surface area contributed by atoms with E-state index in [-0.39, 0.29) is 5.12 Å². The van der Waals surface area contributed by atoms with Gasteiger partial charge in [-0.05, 0) is 41.6 Å². The van der Waals surface area contributed by atoms with Crippen molar-refractivity contribution in [2.24, 2.45) is 0 Å². The van der Waals surface area contributed by atoms with Crippen LogP contribution in [0.4, 0.5) is 0 Å². The Balaban J connectivity index is 1.74. The monoisotopic (exact) mass is 344 g/mol. The average molecular weight is 344 g/mol. The van der Waals surface area contributed by atoms with Crippen LogP contribution in [-0.2, 0) is 6.54 Å². The maximum absolute atomic E-state index is 12.9. The second-order valence-electron chi connectivity index (χ2n) is 5.73. The number of pyridine rings is 1. The molecule has 0 aliphatic rings. The number of fused-ring (bicyclic) bond motifs is 1. The number of carbonyl (C=O) groups excluding carboxylic acids is 1. The summed E-state index contributed by atoms with van der Waals surface area (Å²) in [5.74, 6) is 0. The van der Waals surface area contributed by atoms with Crippen LogP contribution in [0.5, 0.6) is 0 Å². The van der Waals surface area contributed by atoms with Gasteiger partial charge in [-0.15, -0.1) is 0 Å². The Morgan fingerprint density at radius 2 is 1.64 bits per heavy atom. The number of nitrogens with zero attached hydrogens (tertiary/aromatic N) is 2. The topological polar surface area (TPSA) is 34.9 Å². The van der Waals surface area contributed by atoms with Crippen LogP contribution in [-0.4, -0.2) is 14.7 Å². The van der Waals surface area contributed by atoms with Crippen molar-refractivity contribution >= 4 is 27.8 Å². The van der Waals surface area contributed by atoms with E-state index in [1.807, 2.05) is 54.6 Å². The number of hydrogen-bond acceptors (Lipinski definition) is 3. The molecule has 122 valence electrons. The molecule has 2 aromatic carbocycles. The number of carbonyl (C=O) groups is 1. The molecule has 0 atom stereocenters. The average Bonchev–Trinajstić information content (AvgIpc) is 3.02. The van der Waals surface area contributed by atoms with Crippen LogP contribution < -0.4 is 0 Å². The lowest BCUT2D eigenvalue weighted by Gasteiger charge is -2.10. The lowest BCUT2D eigenvalue weighted by atomic mass is 10.2. The first-order chi connectivity index (χ1) is 12.3. The summed E-state index contributed by atoms with van der Waals surface area (Å²) >= 11 is 1.24. The third kappa shape index (κ3) is 3.35. The van der Waals surface area contributed by atoms with E-state index < -0.39 is 0 Å². The van der Waals surface area contributed by atoms with Crippen molar-refractivity contribution < 1.29 is 4.79 Å². The van der Waals surface area contributed by atoms with Gasteiger partial charge in [0.25, 0.3) is 0 Å². The SMILES string of the molecule is O=C(Sc1ccncc1)c1cc2ccccc2n1Cc1ccccc1. The molecule has 2 heterocycles. The summed E-state index contributed by atoms with van der Waals surface area (Å²) in [6.07, 6.45) is 3.41. The van der Waals surface area contributed by atoms with Gasteiger partial charge in [0, 0.05) is 34.7 Å². The quantitative estimate of drug-likeness (QED) is 0.488. The number of para-hydroxylation sites is 1. The van der Waals surface area contributed by atoms with Gasteiger partial charge < -0.3 is 4.57 Å². The zero-order chi connectivity index (χ0) is 17.1. The highest BCUT2D eigenvalue weighted by molar-refractivity contribution is 8.14. The smallest absolute Gasteiger partial charge is 0.240 e. The van der Waals surface area contributed by atoms with Gasteiger partial charge in [-0.1, -0.05) is 48.5 Å². The molecule has 0 unspecified atom stereocenters. The fraction of sp³-hybridized carbons (Fsp3) is 0.0476. The third-order valence-electron chi connectivity index (χ3n) is 4.06. The molecule has 0 saturated heterocycles. The number of thioether (sulfide) groups is 1. The minimum atomic E-state index is 0.0401. The Morgan fingerprint density at radius 1 is 0.920 bits per heavy atom. The zero-order valence-corrected chi connectivity index (χ0v) is 14.3. The Morgan fingerprint density at radius 3 is 2.44 bits per heavy atom. The minimum Gasteiger partial charge on any atom is -0.333 e. The fourth-order valence-electron chi connectivity index (χ4n) is 2.88. The largest absolute Gasteiger partial charge is 0.333 e. The first-order valence-electron chi connectivity index (χ1n) is 8.06. The van der Waals surface area contributed by atoms with E-state index in [9.17, 15) is 4.79 Å². The van der Waals surface area contributed by atoms with E-state index in [1.54, 1.807) is 12.4 Å². The summed E-state index contributed by atoms with van der Waals surface area (Å²) in [7, 11) is 0. The van der Waals surface area contributed by atoms with Gasteiger partial charge in [-0.3, -0.25) is 9.78 Å². The van der Waals surface area contributed by atoms with Crippen molar-refractivity contribution in [2.45, 2.75) is 11.4 Å². The highest BCUT2D eigenvalue weighted by Crippen LogP contribution is 2.27. The molecule has 2 aromatic heterocycles. The van der Waals surface area contributed by atoms with Crippen LogP contribution in [0.1, 0.15) is 16.1 Å². The minimum absolute atomic E-state index is 0.0401. The molecule has 3 nitrogen and oxygen atoms in total. The molecule has 4 rings (SSSR count). The maximum atomic E-state index is 12.9. The first kappa shape index (κ1) is 15.7. The maximum Gasteiger partial charge on any atom is 0.240 e. The van der Waals surface area contributed by atoms with Crippen LogP contribution >= 0.6 is 11.8 Å². The van der Waals surface area contributed by atoms with Crippen LogP contribution in [0, 0.1) is 0 Å². The molecule has 4 heteroatoms. The van der Waals surface area contributed by atoms with Crippen LogP contribution in [0.2, 0.25) is 0 Å². The van der Waals surface area contributed by atoms with Crippen molar-refractivity contribution in [1.29, 1.82) is 0 Å². The van der Waals surface area contributed by atoms with Gasteiger partial charge in [0.1, 0.15) is 0 Å². The molecule has 0 amide bonds. The number of benzene rings is 2. The Kier molecular flexibility index (Phi) is 4.36. The van der Waals surface area contributed by atoms with Crippen molar-refractivity contribution in [1.82, 2.24) is 9.55 Å². The van der Waals surface area contributed by atoms with Crippen molar-refractivity contribution in [3.05, 3.63) is 96.4 Å². The van der Waals surface area contributed by atoms with Gasteiger partial charge in [0.2, 0.25) is 5.12 Å². The summed E-state index contributed by atoms with van der Waals surface area (Å²) in [5, 5.41) is 1.12. The molecule has 4 aromatic rings. The predicted octanol–water partition coefficient (Wildman–Crippen LogP) is 5.02. The summed E-state index contributed by atoms with van der Waals surface area (Å²) < 4.78 is 2.10. The molecule has 0 saturated carbocycles. The van der Waals surface area contributed by atoms with Gasteiger partial charge in [0.15, 0.2) is 0 Å². The molecular formula is C21H16N2OS. The molecular weight excluding hydrogens is 328 g/mol. The molecule has 0 aliphatic carbocycles. The lowest BCUT2D eigenvalue weighted by Crippen LogP contribution is -2.07. The zero-order valence-electron chi connectivity index (χ0n) is 13.5. The van der Waals surface area contributed by atoms with Gasteiger partial charge in [-0.25, -0.2) is 0 Å². The summed E-state index contributed by atoms with van der Waals surface area (Å²) in [6, 6.07) is 24.0. The lowest BCUT2D eigenvalue weighted by molar-refractivity contribution is 0.108. The van der Waals surface area contributed by atoms with Gasteiger partial charge in [-0.2, -0.15) is 0 Å². The Hall–Kier alpha value is -2.85. The number of hydrogen-bond donors (Lipinski definition) is 0. The van der Waals surface area contributed by atoms with E-state index in [0.29, 0.717) is 12.2 Å². The van der Waals surface area contributed by atoms with Crippen molar-refractivity contribution in [2.75, 3.05) is 0 Å². The van der Waals surface area contributed by atoms with E-state index in [4.69, 9.17) is 0 Å². The Labute approximate surface area is 150 Å². The van der Waals surface area contributed by atoms with E-state index >= 15 is 0 Å². The van der Waals surface area contributed by atoms with E-state index in [2.05, 4.69) is 27.8 Å². The number of rotatable bonds is 4. The fourth-order valence-corrected chi connectivity index (χ4v) is 3.63. The summed E-state index contributed by atoms with van der Waals surface area (Å²) in [6.45, 7) is 0.673. The van der Waals surface area contributed by atoms with Crippen molar-refractivity contribution in [3.8, 4) is 0 Å².